The molecule has 0 heterocycles. The molecule has 0 amide bonds. The van der Waals surface area contributed by atoms with Crippen molar-refractivity contribution >= 4 is 0 Å². The minimum atomic E-state index is -0.526. The molecule has 96 valence electrons. The van der Waals surface area contributed by atoms with Crippen LogP contribution in [0.15, 0.2) is 24.3 Å². The first-order valence-electron chi connectivity index (χ1n) is 5.74. The second-order valence-electron chi connectivity index (χ2n) is 4.44. The molecule has 0 unspecified atom stereocenters. The van der Waals surface area contributed by atoms with Crippen LogP contribution in [0.5, 0.6) is 5.75 Å². The quantitative estimate of drug-likeness (QED) is 0.825. The summed E-state index contributed by atoms with van der Waals surface area (Å²) in [4.78, 5) is 2.01. The Bertz CT molecular complexity index is 327. The van der Waals surface area contributed by atoms with Crippen LogP contribution in [0.2, 0.25) is 0 Å². The highest BCUT2D eigenvalue weighted by Gasteiger charge is 2.15. The average Bonchev–Trinajstić information content (AvgIpc) is 2.28. The molecule has 0 radical (unpaired) electrons. The fourth-order valence-electron chi connectivity index (χ4n) is 1.43. The Morgan fingerprint density at radius 1 is 1.29 bits per heavy atom. The van der Waals surface area contributed by atoms with Crippen LogP contribution in [0.1, 0.15) is 13.3 Å². The van der Waals surface area contributed by atoms with Crippen molar-refractivity contribution in [1.29, 1.82) is 0 Å². The van der Waals surface area contributed by atoms with Crippen molar-refractivity contribution in [2.45, 2.75) is 25.6 Å². The molecule has 0 saturated heterocycles. The monoisotopic (exact) mass is 241 g/mol. The summed E-state index contributed by atoms with van der Waals surface area (Å²) in [6.07, 6.45) is -0.183. The Hall–Kier alpha value is -1.13. The van der Waals surface area contributed by atoms with E-state index in [0.717, 1.165) is 6.54 Å². The van der Waals surface area contributed by atoms with Crippen LogP contribution in [0.3, 0.4) is 0 Å². The van der Waals surface area contributed by atoms with Gasteiger partial charge in [-0.25, -0.2) is 4.39 Å². The molecule has 2 atom stereocenters. The third-order valence-electron chi connectivity index (χ3n) is 2.55. The van der Waals surface area contributed by atoms with Crippen LogP contribution < -0.4 is 4.74 Å². The summed E-state index contributed by atoms with van der Waals surface area (Å²) in [5, 5.41) is 9.86. The Morgan fingerprint density at radius 3 is 2.41 bits per heavy atom. The van der Waals surface area contributed by atoms with Gasteiger partial charge in [0.2, 0.25) is 0 Å². The van der Waals surface area contributed by atoms with Gasteiger partial charge in [-0.1, -0.05) is 0 Å². The van der Waals surface area contributed by atoms with E-state index in [-0.39, 0.29) is 11.9 Å². The molecule has 4 heteroatoms. The van der Waals surface area contributed by atoms with E-state index in [0.29, 0.717) is 12.2 Å². The number of nitrogens with zero attached hydrogens (tertiary/aromatic N) is 1. The molecule has 0 aliphatic rings. The molecule has 0 spiro atoms. The zero-order valence-corrected chi connectivity index (χ0v) is 10.6. The van der Waals surface area contributed by atoms with Gasteiger partial charge in [0.05, 0.1) is 6.10 Å². The van der Waals surface area contributed by atoms with E-state index < -0.39 is 6.10 Å². The molecule has 0 fully saturated rings. The largest absolute Gasteiger partial charge is 0.488 e. The molecule has 1 aromatic carbocycles. The number of benzene rings is 1. The number of aliphatic hydroxyl groups excluding tert-OH is 1. The van der Waals surface area contributed by atoms with Gasteiger partial charge < -0.3 is 14.7 Å². The molecule has 17 heavy (non-hydrogen) atoms. The maximum atomic E-state index is 12.7. The highest BCUT2D eigenvalue weighted by Crippen LogP contribution is 2.15. The molecule has 0 saturated carbocycles. The van der Waals surface area contributed by atoms with E-state index >= 15 is 0 Å². The molecule has 0 bridgehead atoms. The lowest BCUT2D eigenvalue weighted by molar-refractivity contribution is 0.0373. The predicted octanol–water partition coefficient (Wildman–Crippen LogP) is 1.91. The molecule has 0 aromatic heterocycles. The Morgan fingerprint density at radius 2 is 1.88 bits per heavy atom. The number of ether oxygens (including phenoxy) is 1. The highest BCUT2D eigenvalue weighted by atomic mass is 19.1. The van der Waals surface area contributed by atoms with Gasteiger partial charge >= 0.3 is 0 Å². The highest BCUT2D eigenvalue weighted by molar-refractivity contribution is 5.22. The van der Waals surface area contributed by atoms with E-state index in [1.807, 2.05) is 25.9 Å². The summed E-state index contributed by atoms with van der Waals surface area (Å²) in [6, 6.07) is 5.80. The van der Waals surface area contributed by atoms with Gasteiger partial charge in [0, 0.05) is 6.54 Å². The van der Waals surface area contributed by atoms with Gasteiger partial charge in [-0.3, -0.25) is 0 Å². The summed E-state index contributed by atoms with van der Waals surface area (Å²) >= 11 is 0. The summed E-state index contributed by atoms with van der Waals surface area (Å²) in [7, 11) is 3.91. The minimum Gasteiger partial charge on any atom is -0.488 e. The van der Waals surface area contributed by atoms with Crippen LogP contribution in [-0.2, 0) is 0 Å². The molecule has 0 aliphatic carbocycles. The van der Waals surface area contributed by atoms with E-state index in [2.05, 4.69) is 0 Å². The van der Waals surface area contributed by atoms with Gasteiger partial charge in [0.25, 0.3) is 0 Å². The number of halogens is 1. The fourth-order valence-corrected chi connectivity index (χ4v) is 1.43. The molecule has 3 nitrogen and oxygen atoms in total. The SMILES string of the molecule is C[C@H](Oc1ccc(F)cc1)[C@@H](O)CCN(C)C. The maximum absolute atomic E-state index is 12.7. The van der Waals surface area contributed by atoms with Crippen molar-refractivity contribution in [3.63, 3.8) is 0 Å². The standard InChI is InChI=1S/C13H20FNO2/c1-10(13(16)8-9-15(2)3)17-12-6-4-11(14)5-7-12/h4-7,10,13,16H,8-9H2,1-3H3/t10-,13-/m0/s1. The van der Waals surface area contributed by atoms with Gasteiger partial charge in [-0.2, -0.15) is 0 Å². The number of hydrogen-bond acceptors (Lipinski definition) is 3. The second-order valence-corrected chi connectivity index (χ2v) is 4.44. The molecule has 1 N–H and O–H groups in total. The lowest BCUT2D eigenvalue weighted by Gasteiger charge is -2.21. The maximum Gasteiger partial charge on any atom is 0.123 e. The first kappa shape index (κ1) is 13.9. The number of rotatable bonds is 6. The summed E-state index contributed by atoms with van der Waals surface area (Å²) in [5.41, 5.74) is 0. The predicted molar refractivity (Wildman–Crippen MR) is 65.7 cm³/mol. The van der Waals surface area contributed by atoms with Crippen molar-refractivity contribution < 1.29 is 14.2 Å². The van der Waals surface area contributed by atoms with Gasteiger partial charge in [0.1, 0.15) is 17.7 Å². The van der Waals surface area contributed by atoms with Crippen molar-refractivity contribution in [2.75, 3.05) is 20.6 Å². The smallest absolute Gasteiger partial charge is 0.123 e. The van der Waals surface area contributed by atoms with Gasteiger partial charge in [0.15, 0.2) is 0 Å². The lowest BCUT2D eigenvalue weighted by atomic mass is 10.1. The van der Waals surface area contributed by atoms with E-state index in [1.165, 1.54) is 12.1 Å². The molecule has 1 aromatic rings. The molecule has 0 aliphatic heterocycles. The topological polar surface area (TPSA) is 32.7 Å². The third kappa shape index (κ3) is 5.15. The number of hydrogen-bond donors (Lipinski definition) is 1. The lowest BCUT2D eigenvalue weighted by Crippen LogP contribution is -2.31. The zero-order chi connectivity index (χ0) is 12.8. The van der Waals surface area contributed by atoms with Crippen molar-refractivity contribution in [1.82, 2.24) is 4.90 Å². The van der Waals surface area contributed by atoms with E-state index in [9.17, 15) is 9.50 Å². The van der Waals surface area contributed by atoms with Crippen LogP contribution in [-0.4, -0.2) is 42.9 Å². The summed E-state index contributed by atoms with van der Waals surface area (Å²) in [5.74, 6) is 0.279. The Kier molecular flexibility index (Phi) is 5.38. The molecule has 1 rings (SSSR count). The average molecular weight is 241 g/mol. The Labute approximate surface area is 102 Å². The van der Waals surface area contributed by atoms with Crippen LogP contribution in [0.25, 0.3) is 0 Å². The van der Waals surface area contributed by atoms with Crippen LogP contribution in [0.4, 0.5) is 4.39 Å². The molecular formula is C13H20FNO2. The zero-order valence-electron chi connectivity index (χ0n) is 10.6. The summed E-state index contributed by atoms with van der Waals surface area (Å²) in [6.45, 7) is 2.61. The second kappa shape index (κ2) is 6.57. The minimum absolute atomic E-state index is 0.293. The van der Waals surface area contributed by atoms with Crippen molar-refractivity contribution in [2.24, 2.45) is 0 Å². The summed E-state index contributed by atoms with van der Waals surface area (Å²) < 4.78 is 18.2. The van der Waals surface area contributed by atoms with Crippen molar-refractivity contribution in [3.05, 3.63) is 30.1 Å². The Balaban J connectivity index is 2.42. The van der Waals surface area contributed by atoms with Crippen LogP contribution >= 0.6 is 0 Å². The normalized spacial score (nSPS) is 14.7. The number of aliphatic hydroxyl groups is 1. The van der Waals surface area contributed by atoms with Crippen molar-refractivity contribution in [3.8, 4) is 5.75 Å². The molecular weight excluding hydrogens is 221 g/mol. The van der Waals surface area contributed by atoms with Crippen LogP contribution in [0, 0.1) is 5.82 Å². The first-order chi connectivity index (χ1) is 7.99. The fraction of sp³-hybridized carbons (Fsp3) is 0.538. The van der Waals surface area contributed by atoms with E-state index in [4.69, 9.17) is 4.74 Å². The van der Waals surface area contributed by atoms with Gasteiger partial charge in [-0.15, -0.1) is 0 Å². The first-order valence-corrected chi connectivity index (χ1v) is 5.74. The van der Waals surface area contributed by atoms with E-state index in [1.54, 1.807) is 12.1 Å². The third-order valence-corrected chi connectivity index (χ3v) is 2.55. The van der Waals surface area contributed by atoms with Gasteiger partial charge in [-0.05, 0) is 51.7 Å².